The summed E-state index contributed by atoms with van der Waals surface area (Å²) in [5.74, 6) is 0. The molecule has 1 aliphatic heterocycles. The molecule has 9 aromatic rings. The van der Waals surface area contributed by atoms with Crippen molar-refractivity contribution in [1.82, 2.24) is 0 Å². The van der Waals surface area contributed by atoms with Gasteiger partial charge in [-0.15, -0.1) is 0 Å². The number of anilines is 3. The van der Waals surface area contributed by atoms with E-state index in [1.807, 2.05) is 11.8 Å². The minimum absolute atomic E-state index is 0.105. The summed E-state index contributed by atoms with van der Waals surface area (Å²) in [5, 5.41) is 0. The lowest BCUT2D eigenvalue weighted by Crippen LogP contribution is -2.34. The zero-order valence-corrected chi connectivity index (χ0v) is 34.5. The quantitative estimate of drug-likeness (QED) is 0.158. The number of fused-ring (bicyclic) bond motifs is 5. The molecule has 1 heterocycles. The van der Waals surface area contributed by atoms with Gasteiger partial charge in [-0.25, -0.2) is 0 Å². The minimum Gasteiger partial charge on any atom is -0.310 e. The van der Waals surface area contributed by atoms with Crippen molar-refractivity contribution in [2.45, 2.75) is 34.5 Å². The molecule has 0 bridgehead atoms. The van der Waals surface area contributed by atoms with Gasteiger partial charge in [0.25, 0.3) is 0 Å². The third-order valence-electron chi connectivity index (χ3n) is 12.8. The van der Waals surface area contributed by atoms with E-state index in [0.29, 0.717) is 0 Å². The van der Waals surface area contributed by atoms with Crippen LogP contribution in [0.3, 0.4) is 0 Å². The highest BCUT2D eigenvalue weighted by molar-refractivity contribution is 7.99. The Morgan fingerprint density at radius 2 is 0.833 bits per heavy atom. The summed E-state index contributed by atoms with van der Waals surface area (Å²) in [5.41, 5.74) is 18.2. The second kappa shape index (κ2) is 14.4. The number of nitrogens with zero attached hydrogens (tertiary/aromatic N) is 1. The summed E-state index contributed by atoms with van der Waals surface area (Å²) in [6.07, 6.45) is 0. The topological polar surface area (TPSA) is 3.24 Å². The van der Waals surface area contributed by atoms with Crippen molar-refractivity contribution < 1.29 is 0 Å². The largest absolute Gasteiger partial charge is 0.310 e. The lowest BCUT2D eigenvalue weighted by molar-refractivity contribution is 0.660. The fourth-order valence-electron chi connectivity index (χ4n) is 9.96. The monoisotopic (exact) mass is 785 g/mol. The molecular formula is C58H43NS. The van der Waals surface area contributed by atoms with Crippen LogP contribution < -0.4 is 4.90 Å². The van der Waals surface area contributed by atoms with E-state index in [4.69, 9.17) is 0 Å². The molecule has 0 N–H and O–H groups in total. The van der Waals surface area contributed by atoms with Gasteiger partial charge in [0.15, 0.2) is 0 Å². The van der Waals surface area contributed by atoms with Crippen molar-refractivity contribution in [3.8, 4) is 33.4 Å². The van der Waals surface area contributed by atoms with E-state index in [2.05, 4.69) is 243 Å². The zero-order valence-electron chi connectivity index (χ0n) is 33.7. The highest BCUT2D eigenvalue weighted by atomic mass is 32.2. The first-order valence-corrected chi connectivity index (χ1v) is 21.7. The predicted octanol–water partition coefficient (Wildman–Crippen LogP) is 15.6. The normalized spacial score (nSPS) is 14.0. The van der Waals surface area contributed by atoms with Gasteiger partial charge in [-0.1, -0.05) is 208 Å². The maximum absolute atomic E-state index is 2.42. The highest BCUT2D eigenvalue weighted by Gasteiger charge is 2.45. The Balaban J connectivity index is 1.05. The molecule has 0 fully saturated rings. The summed E-state index contributed by atoms with van der Waals surface area (Å²) < 4.78 is 0. The Morgan fingerprint density at radius 3 is 1.50 bits per heavy atom. The van der Waals surface area contributed by atoms with Crippen molar-refractivity contribution in [2.24, 2.45) is 0 Å². The fraction of sp³-hybridized carbons (Fsp3) is 0.0690. The zero-order chi connectivity index (χ0) is 40.3. The van der Waals surface area contributed by atoms with Crippen molar-refractivity contribution in [3.63, 3.8) is 0 Å². The van der Waals surface area contributed by atoms with Gasteiger partial charge in [0.05, 0.1) is 5.41 Å². The third-order valence-corrected chi connectivity index (χ3v) is 14.0. The molecule has 0 atom stereocenters. The average Bonchev–Trinajstić information content (AvgIpc) is 3.54. The fourth-order valence-corrected chi connectivity index (χ4v) is 11.3. The molecule has 0 saturated heterocycles. The molecule has 0 saturated carbocycles. The number of benzene rings is 9. The van der Waals surface area contributed by atoms with Crippen molar-refractivity contribution in [1.29, 1.82) is 0 Å². The van der Waals surface area contributed by atoms with Gasteiger partial charge in [0, 0.05) is 32.3 Å². The molecule has 60 heavy (non-hydrogen) atoms. The van der Waals surface area contributed by atoms with Crippen LogP contribution in [0.4, 0.5) is 17.1 Å². The molecule has 9 aromatic carbocycles. The lowest BCUT2D eigenvalue weighted by atomic mass is 9.64. The SMILES string of the molecule is CC1(C)c2ccccc2-c2ccc(N(c3ccc(-c4ccccc4)cc3)c3ccc(-c4cccc5c4Sc4ccccc4C5(c4ccccc4)c4ccccc4)cc3)cc21. The first kappa shape index (κ1) is 36.2. The second-order valence-corrected chi connectivity index (χ2v) is 17.5. The van der Waals surface area contributed by atoms with Crippen molar-refractivity contribution in [2.75, 3.05) is 4.90 Å². The van der Waals surface area contributed by atoms with Crippen LogP contribution in [-0.4, -0.2) is 0 Å². The molecular weight excluding hydrogens is 743 g/mol. The molecule has 286 valence electrons. The Morgan fingerprint density at radius 1 is 0.350 bits per heavy atom. The third kappa shape index (κ3) is 5.70. The van der Waals surface area contributed by atoms with E-state index in [9.17, 15) is 0 Å². The minimum atomic E-state index is -0.473. The molecule has 0 aromatic heterocycles. The summed E-state index contributed by atoms with van der Waals surface area (Å²) in [4.78, 5) is 5.00. The highest BCUT2D eigenvalue weighted by Crippen LogP contribution is 2.58. The molecule has 11 rings (SSSR count). The molecule has 0 amide bonds. The van der Waals surface area contributed by atoms with Gasteiger partial charge in [0.1, 0.15) is 0 Å². The molecule has 0 spiro atoms. The standard InChI is InChI=1S/C58H43NS/c1-57(2)51-25-13-12-23-49(51)50-38-37-47(39-54(50)57)59(45-33-29-41(30-34-45)40-17-6-3-7-18-40)46-35-31-42(32-36-46)48-24-16-27-53-56(48)60-55-28-15-14-26-52(55)58(53,43-19-8-4-9-20-43)44-21-10-5-11-22-44/h3-39H,1-2H3. The van der Waals surface area contributed by atoms with Crippen LogP contribution in [-0.2, 0) is 10.8 Å². The van der Waals surface area contributed by atoms with Gasteiger partial charge in [-0.3, -0.25) is 0 Å². The number of hydrogen-bond acceptors (Lipinski definition) is 2. The van der Waals surface area contributed by atoms with Crippen LogP contribution in [0.5, 0.6) is 0 Å². The van der Waals surface area contributed by atoms with E-state index in [1.54, 1.807) is 0 Å². The molecule has 2 aliphatic rings. The van der Waals surface area contributed by atoms with E-state index < -0.39 is 5.41 Å². The Hall–Kier alpha value is -6.87. The summed E-state index contributed by atoms with van der Waals surface area (Å²) in [7, 11) is 0. The van der Waals surface area contributed by atoms with Gasteiger partial charge in [0.2, 0.25) is 0 Å². The van der Waals surface area contributed by atoms with Crippen LogP contribution in [0.25, 0.3) is 33.4 Å². The molecule has 0 radical (unpaired) electrons. The second-order valence-electron chi connectivity index (χ2n) is 16.5. The van der Waals surface area contributed by atoms with E-state index >= 15 is 0 Å². The maximum Gasteiger partial charge on any atom is 0.0723 e. The molecule has 0 unspecified atom stereocenters. The van der Waals surface area contributed by atoms with E-state index in [0.717, 1.165) is 17.1 Å². The first-order chi connectivity index (χ1) is 29.5. The first-order valence-electron chi connectivity index (χ1n) is 20.8. The molecule has 1 nitrogen and oxygen atoms in total. The summed E-state index contributed by atoms with van der Waals surface area (Å²) in [6.45, 7) is 4.72. The Bertz CT molecular complexity index is 2970. The van der Waals surface area contributed by atoms with E-state index in [1.165, 1.54) is 76.6 Å². The summed E-state index contributed by atoms with van der Waals surface area (Å²) >= 11 is 1.89. The predicted molar refractivity (Wildman–Crippen MR) is 252 cm³/mol. The van der Waals surface area contributed by atoms with Crippen LogP contribution in [0.1, 0.15) is 47.2 Å². The Labute approximate surface area is 357 Å². The van der Waals surface area contributed by atoms with Crippen LogP contribution in [0.2, 0.25) is 0 Å². The number of hydrogen-bond donors (Lipinski definition) is 0. The van der Waals surface area contributed by atoms with Crippen LogP contribution >= 0.6 is 11.8 Å². The lowest BCUT2D eigenvalue weighted by Gasteiger charge is -2.42. The van der Waals surface area contributed by atoms with Gasteiger partial charge in [-0.2, -0.15) is 0 Å². The molecule has 1 aliphatic carbocycles. The summed E-state index contributed by atoms with van der Waals surface area (Å²) in [6, 6.07) is 82.8. The van der Waals surface area contributed by atoms with Crippen molar-refractivity contribution in [3.05, 3.63) is 258 Å². The van der Waals surface area contributed by atoms with Crippen LogP contribution in [0, 0.1) is 0 Å². The molecule has 2 heteroatoms. The average molecular weight is 786 g/mol. The van der Waals surface area contributed by atoms with Gasteiger partial charge >= 0.3 is 0 Å². The smallest absolute Gasteiger partial charge is 0.0723 e. The van der Waals surface area contributed by atoms with Crippen LogP contribution in [0.15, 0.2) is 234 Å². The Kier molecular flexibility index (Phi) is 8.72. The number of rotatable bonds is 7. The van der Waals surface area contributed by atoms with E-state index in [-0.39, 0.29) is 5.41 Å². The van der Waals surface area contributed by atoms with Gasteiger partial charge in [-0.05, 0) is 109 Å². The van der Waals surface area contributed by atoms with Gasteiger partial charge < -0.3 is 4.90 Å². The van der Waals surface area contributed by atoms with Crippen molar-refractivity contribution >= 4 is 28.8 Å². The maximum atomic E-state index is 2.42.